The van der Waals surface area contributed by atoms with E-state index >= 15 is 0 Å². The number of hydrogen-bond donors (Lipinski definition) is 4. The number of hydrogen-bond acceptors (Lipinski definition) is 9. The van der Waals surface area contributed by atoms with Gasteiger partial charge in [-0.1, -0.05) is 45.0 Å². The third-order valence-corrected chi connectivity index (χ3v) is 9.48. The molecule has 2 fully saturated rings. The van der Waals surface area contributed by atoms with Crippen molar-refractivity contribution in [1.29, 1.82) is 0 Å². The Morgan fingerprint density at radius 3 is 2.15 bits per heavy atom. The standard InChI is InChI=1S/C33H43N5O8S/c1-8-21-19-33(21,29(41)38-47(43,44)23-16-17-23)37-27(39)25(20-12-14-22(15-13-20)45-24-11-9-10-18-34-24)35-28(40)26(31(2,3)4)36-30(42)46-32(5,6)7/h8-15,18,21,23,25-26H,1,16-17,19H2,2-7H3,(H,35,40)(H,36,42)(H,37,39)(H,38,41)/t21-,25+,26-,33?/m1/s1. The molecule has 4 amide bonds. The van der Waals surface area contributed by atoms with Gasteiger partial charge in [-0.2, -0.15) is 0 Å². The van der Waals surface area contributed by atoms with E-state index in [1.807, 2.05) is 0 Å². The summed E-state index contributed by atoms with van der Waals surface area (Å²) in [6.07, 6.45) is 3.26. The number of carbonyl (C=O) groups is 4. The van der Waals surface area contributed by atoms with Crippen LogP contribution in [0.1, 0.15) is 72.4 Å². The first kappa shape index (κ1) is 35.4. The predicted octanol–water partition coefficient (Wildman–Crippen LogP) is 3.64. The molecule has 1 heterocycles. The van der Waals surface area contributed by atoms with Crippen LogP contribution < -0.4 is 25.4 Å². The first-order chi connectivity index (χ1) is 21.8. The number of sulfonamides is 1. The summed E-state index contributed by atoms with van der Waals surface area (Å²) in [6, 6.07) is 8.99. The van der Waals surface area contributed by atoms with Crippen molar-refractivity contribution in [1.82, 2.24) is 25.7 Å². The highest BCUT2D eigenvalue weighted by atomic mass is 32.2. The molecule has 4 rings (SSSR count). The van der Waals surface area contributed by atoms with Gasteiger partial charge in [0, 0.05) is 18.2 Å². The van der Waals surface area contributed by atoms with Crippen LogP contribution in [0.15, 0.2) is 61.3 Å². The molecule has 0 radical (unpaired) electrons. The zero-order valence-electron chi connectivity index (χ0n) is 27.5. The molecular formula is C33H43N5O8S. The van der Waals surface area contributed by atoms with E-state index in [0.717, 1.165) is 0 Å². The Morgan fingerprint density at radius 2 is 1.64 bits per heavy atom. The molecule has 1 aromatic carbocycles. The number of rotatable bonds is 12. The number of ether oxygens (including phenoxy) is 2. The minimum absolute atomic E-state index is 0.122. The van der Waals surface area contributed by atoms with Crippen LogP contribution in [0.2, 0.25) is 0 Å². The van der Waals surface area contributed by atoms with Crippen molar-refractivity contribution in [3.05, 3.63) is 66.9 Å². The monoisotopic (exact) mass is 669 g/mol. The maximum atomic E-state index is 14.0. The molecule has 2 saturated carbocycles. The van der Waals surface area contributed by atoms with E-state index in [0.29, 0.717) is 30.0 Å². The molecule has 14 heteroatoms. The highest BCUT2D eigenvalue weighted by Gasteiger charge is 2.61. The van der Waals surface area contributed by atoms with Gasteiger partial charge in [-0.05, 0) is 69.2 Å². The summed E-state index contributed by atoms with van der Waals surface area (Å²) < 4.78 is 38.4. The number of nitrogens with zero attached hydrogens (tertiary/aromatic N) is 1. The van der Waals surface area contributed by atoms with Crippen molar-refractivity contribution in [2.45, 2.75) is 89.3 Å². The van der Waals surface area contributed by atoms with Gasteiger partial charge in [0.05, 0.1) is 5.25 Å². The van der Waals surface area contributed by atoms with Crippen molar-refractivity contribution >= 4 is 33.8 Å². The van der Waals surface area contributed by atoms with E-state index in [9.17, 15) is 27.6 Å². The number of amides is 4. The average molecular weight is 670 g/mol. The van der Waals surface area contributed by atoms with Crippen molar-refractivity contribution in [2.75, 3.05) is 0 Å². The van der Waals surface area contributed by atoms with Crippen LogP contribution in [-0.2, 0) is 29.1 Å². The summed E-state index contributed by atoms with van der Waals surface area (Å²) in [6.45, 7) is 14.0. The van der Waals surface area contributed by atoms with Gasteiger partial charge in [-0.15, -0.1) is 6.58 Å². The maximum Gasteiger partial charge on any atom is 0.408 e. The summed E-state index contributed by atoms with van der Waals surface area (Å²) in [5.74, 6) is -2.11. The minimum atomic E-state index is -3.90. The van der Waals surface area contributed by atoms with Crippen LogP contribution in [0.25, 0.3) is 0 Å². The third-order valence-electron chi connectivity index (χ3n) is 7.66. The van der Waals surface area contributed by atoms with Crippen LogP contribution in [0.3, 0.4) is 0 Å². The van der Waals surface area contributed by atoms with Crippen LogP contribution in [0.5, 0.6) is 11.6 Å². The van der Waals surface area contributed by atoms with Gasteiger partial charge in [0.1, 0.15) is 29.0 Å². The molecule has 2 aromatic rings. The SMILES string of the molecule is C=C[C@@H]1CC1(NC(=O)[C@@H](NC(=O)[C@@H](NC(=O)OC(C)(C)C)C(C)(C)C)c1ccc(Oc2ccccn2)cc1)C(=O)NS(=O)(=O)C1CC1. The molecule has 0 spiro atoms. The lowest BCUT2D eigenvalue weighted by Gasteiger charge is -2.33. The van der Waals surface area contributed by atoms with E-state index in [1.54, 1.807) is 90.2 Å². The molecular weight excluding hydrogens is 626 g/mol. The quantitative estimate of drug-likeness (QED) is 0.245. The third kappa shape index (κ3) is 9.09. The fourth-order valence-electron chi connectivity index (χ4n) is 4.89. The zero-order valence-corrected chi connectivity index (χ0v) is 28.3. The topological polar surface area (TPSA) is 182 Å². The van der Waals surface area contributed by atoms with E-state index in [2.05, 4.69) is 32.2 Å². The second kappa shape index (κ2) is 13.3. The number of nitrogens with one attached hydrogen (secondary N) is 4. The largest absolute Gasteiger partial charge is 0.444 e. The average Bonchev–Trinajstić information content (AvgIpc) is 3.89. The molecule has 4 atom stereocenters. The van der Waals surface area contributed by atoms with E-state index in [-0.39, 0.29) is 6.42 Å². The molecule has 0 saturated heterocycles. The highest BCUT2D eigenvalue weighted by Crippen LogP contribution is 2.45. The Hall–Kier alpha value is -4.46. The van der Waals surface area contributed by atoms with Crippen molar-refractivity contribution in [2.24, 2.45) is 11.3 Å². The molecule has 2 aliphatic rings. The lowest BCUT2D eigenvalue weighted by molar-refractivity contribution is -0.134. The van der Waals surface area contributed by atoms with Crippen molar-refractivity contribution in [3.8, 4) is 11.6 Å². The summed E-state index contributed by atoms with van der Waals surface area (Å²) in [4.78, 5) is 58.0. The van der Waals surface area contributed by atoms with Gasteiger partial charge in [0.15, 0.2) is 0 Å². The fraction of sp³-hybridized carbons (Fsp3) is 0.485. The molecule has 254 valence electrons. The Labute approximate surface area is 275 Å². The first-order valence-electron chi connectivity index (χ1n) is 15.3. The normalized spacial score (nSPS) is 20.5. The zero-order chi connectivity index (χ0) is 34.8. The van der Waals surface area contributed by atoms with Crippen LogP contribution in [0.4, 0.5) is 4.79 Å². The number of benzene rings is 1. The Morgan fingerprint density at radius 1 is 0.979 bits per heavy atom. The molecule has 0 aliphatic heterocycles. The van der Waals surface area contributed by atoms with Gasteiger partial charge in [0.2, 0.25) is 27.7 Å². The Bertz CT molecular complexity index is 1610. The van der Waals surface area contributed by atoms with Gasteiger partial charge in [-0.25, -0.2) is 18.2 Å². The van der Waals surface area contributed by atoms with Crippen LogP contribution in [-0.4, -0.2) is 59.6 Å². The van der Waals surface area contributed by atoms with Crippen molar-refractivity contribution in [3.63, 3.8) is 0 Å². The smallest absolute Gasteiger partial charge is 0.408 e. The first-order valence-corrected chi connectivity index (χ1v) is 16.9. The lowest BCUT2D eigenvalue weighted by Crippen LogP contribution is -2.58. The number of aromatic nitrogens is 1. The van der Waals surface area contributed by atoms with Crippen molar-refractivity contribution < 1.29 is 37.1 Å². The maximum absolute atomic E-state index is 14.0. The molecule has 2 aliphatic carbocycles. The molecule has 0 bridgehead atoms. The summed E-state index contributed by atoms with van der Waals surface area (Å²) >= 11 is 0. The van der Waals surface area contributed by atoms with Gasteiger partial charge in [0.25, 0.3) is 5.91 Å². The summed E-state index contributed by atoms with van der Waals surface area (Å²) in [5, 5.41) is 7.39. The van der Waals surface area contributed by atoms with E-state index < -0.39 is 73.6 Å². The second-order valence-electron chi connectivity index (χ2n) is 13.9. The summed E-state index contributed by atoms with van der Waals surface area (Å²) in [7, 11) is -3.90. The lowest BCUT2D eigenvalue weighted by atomic mass is 9.86. The Balaban J connectivity index is 1.62. The minimum Gasteiger partial charge on any atom is -0.444 e. The molecule has 47 heavy (non-hydrogen) atoms. The van der Waals surface area contributed by atoms with Crippen LogP contribution in [0, 0.1) is 11.3 Å². The number of alkyl carbamates (subject to hydrolysis) is 1. The molecule has 1 unspecified atom stereocenters. The van der Waals surface area contributed by atoms with Gasteiger partial charge >= 0.3 is 6.09 Å². The Kier molecular flexibility index (Phi) is 10.0. The highest BCUT2D eigenvalue weighted by molar-refractivity contribution is 7.91. The van der Waals surface area contributed by atoms with Crippen LogP contribution >= 0.6 is 0 Å². The summed E-state index contributed by atoms with van der Waals surface area (Å²) in [5.41, 5.74) is -2.89. The number of carbonyl (C=O) groups excluding carboxylic acids is 4. The fourth-order valence-corrected chi connectivity index (χ4v) is 6.26. The van der Waals surface area contributed by atoms with Gasteiger partial charge in [-0.3, -0.25) is 19.1 Å². The second-order valence-corrected chi connectivity index (χ2v) is 15.9. The molecule has 13 nitrogen and oxygen atoms in total. The number of pyridine rings is 1. The molecule has 1 aromatic heterocycles. The predicted molar refractivity (Wildman–Crippen MR) is 174 cm³/mol. The van der Waals surface area contributed by atoms with Gasteiger partial charge < -0.3 is 25.4 Å². The molecule has 4 N–H and O–H groups in total. The van der Waals surface area contributed by atoms with E-state index in [4.69, 9.17) is 9.47 Å². The van der Waals surface area contributed by atoms with E-state index in [1.165, 1.54) is 6.08 Å².